The monoisotopic (exact) mass is 361 g/mol. The summed E-state index contributed by atoms with van der Waals surface area (Å²) in [5, 5.41) is 11.0. The molecule has 1 unspecified atom stereocenters. The molecule has 0 N–H and O–H groups in total. The van der Waals surface area contributed by atoms with E-state index in [9.17, 15) is 14.5 Å². The average Bonchev–Trinajstić information content (AvgIpc) is 2.47. The number of piperazine rings is 1. The third-order valence-corrected chi connectivity index (χ3v) is 4.38. The molecule has 21 heavy (non-hydrogen) atoms. The molecule has 1 fully saturated rings. The first-order valence-corrected chi connectivity index (χ1v) is 7.30. The molecule has 0 aromatic heterocycles. The van der Waals surface area contributed by atoms with Gasteiger partial charge in [-0.05, 0) is 23.0 Å². The number of likely N-dealkylation sites (N-methyl/N-ethyl adjacent to an activating group) is 1. The summed E-state index contributed by atoms with van der Waals surface area (Å²) in [4.78, 5) is 14.5. The minimum atomic E-state index is -0.484. The number of rotatable bonds is 4. The molecule has 1 aliphatic heterocycles. The Bertz CT molecular complexity index is 544. The lowest BCUT2D eigenvalue weighted by atomic mass is 10.1. The van der Waals surface area contributed by atoms with Gasteiger partial charge in [0.2, 0.25) is 0 Å². The zero-order valence-electron chi connectivity index (χ0n) is 11.9. The van der Waals surface area contributed by atoms with Gasteiger partial charge in [0.1, 0.15) is 6.67 Å². The molecule has 0 radical (unpaired) electrons. The van der Waals surface area contributed by atoms with Gasteiger partial charge in [0, 0.05) is 36.2 Å². The van der Waals surface area contributed by atoms with Gasteiger partial charge in [0.15, 0.2) is 5.75 Å². The average molecular weight is 362 g/mol. The van der Waals surface area contributed by atoms with Crippen LogP contribution in [0.15, 0.2) is 16.6 Å². The second-order valence-corrected chi connectivity index (χ2v) is 5.82. The third-order valence-electron chi connectivity index (χ3n) is 3.74. The molecule has 0 saturated carbocycles. The number of hydrogen-bond acceptors (Lipinski definition) is 5. The van der Waals surface area contributed by atoms with Gasteiger partial charge in [-0.3, -0.25) is 15.0 Å². The van der Waals surface area contributed by atoms with E-state index in [0.29, 0.717) is 11.0 Å². The van der Waals surface area contributed by atoms with Crippen LogP contribution in [0.4, 0.5) is 15.8 Å². The summed E-state index contributed by atoms with van der Waals surface area (Å²) in [6.07, 6.45) is 0. The Morgan fingerprint density at radius 1 is 1.52 bits per heavy atom. The predicted octanol–water partition coefficient (Wildman–Crippen LogP) is 2.46. The molecule has 1 saturated heterocycles. The number of ether oxygens (including phenoxy) is 1. The van der Waals surface area contributed by atoms with Crippen molar-refractivity contribution in [2.24, 2.45) is 0 Å². The SMILES string of the molecule is COc1cc(N2CCN(C)C(CF)C2)c(Br)cc1[N+](=O)[O-]. The Morgan fingerprint density at radius 3 is 2.81 bits per heavy atom. The van der Waals surface area contributed by atoms with Crippen LogP contribution in [0.3, 0.4) is 0 Å². The Hall–Kier alpha value is -1.41. The number of methoxy groups -OCH3 is 1. The van der Waals surface area contributed by atoms with E-state index in [1.54, 1.807) is 6.07 Å². The fraction of sp³-hybridized carbons (Fsp3) is 0.538. The zero-order valence-corrected chi connectivity index (χ0v) is 13.5. The molecular weight excluding hydrogens is 345 g/mol. The number of alkyl halides is 1. The fourth-order valence-corrected chi connectivity index (χ4v) is 2.99. The van der Waals surface area contributed by atoms with E-state index >= 15 is 0 Å². The van der Waals surface area contributed by atoms with Crippen molar-refractivity contribution in [3.63, 3.8) is 0 Å². The first-order chi connectivity index (χ1) is 9.97. The second-order valence-electron chi connectivity index (χ2n) is 4.97. The quantitative estimate of drug-likeness (QED) is 0.608. The Morgan fingerprint density at radius 2 is 2.24 bits per heavy atom. The molecule has 6 nitrogen and oxygen atoms in total. The summed E-state index contributed by atoms with van der Waals surface area (Å²) in [5.41, 5.74) is 0.688. The smallest absolute Gasteiger partial charge is 0.312 e. The van der Waals surface area contributed by atoms with Gasteiger partial charge < -0.3 is 9.64 Å². The molecule has 8 heteroatoms. The molecule has 0 bridgehead atoms. The molecular formula is C13H17BrFN3O3. The summed E-state index contributed by atoms with van der Waals surface area (Å²) >= 11 is 3.36. The summed E-state index contributed by atoms with van der Waals surface area (Å²) in [7, 11) is 3.29. The summed E-state index contributed by atoms with van der Waals surface area (Å²) < 4.78 is 18.7. The maximum absolute atomic E-state index is 13.0. The third kappa shape index (κ3) is 3.26. The van der Waals surface area contributed by atoms with Crippen LogP contribution in [0.25, 0.3) is 0 Å². The standard InChI is InChI=1S/C13H17BrFN3O3/c1-16-3-4-17(8-9(16)7-15)11-6-13(21-2)12(18(19)20)5-10(11)14/h5-6,9H,3-4,7-8H2,1-2H3. The molecule has 1 aromatic carbocycles. The maximum Gasteiger partial charge on any atom is 0.312 e. The van der Waals surface area contributed by atoms with Gasteiger partial charge in [0.05, 0.1) is 23.8 Å². The Labute approximate surface area is 130 Å². The summed E-state index contributed by atoms with van der Waals surface area (Å²) in [6.45, 7) is 1.58. The Balaban J connectivity index is 2.33. The maximum atomic E-state index is 13.0. The van der Waals surface area contributed by atoms with Gasteiger partial charge in [-0.15, -0.1) is 0 Å². The topological polar surface area (TPSA) is 58.8 Å². The largest absolute Gasteiger partial charge is 0.490 e. The van der Waals surface area contributed by atoms with Crippen LogP contribution in [-0.4, -0.2) is 56.3 Å². The number of nitro groups is 1. The van der Waals surface area contributed by atoms with Crippen molar-refractivity contribution in [3.8, 4) is 5.75 Å². The minimum Gasteiger partial charge on any atom is -0.490 e. The lowest BCUT2D eigenvalue weighted by Gasteiger charge is -2.39. The van der Waals surface area contributed by atoms with Crippen LogP contribution in [0.1, 0.15) is 0 Å². The number of halogens is 2. The molecule has 1 heterocycles. The number of nitrogens with zero attached hydrogens (tertiary/aromatic N) is 3. The summed E-state index contributed by atoms with van der Waals surface area (Å²) in [5.74, 6) is 0.203. The highest BCUT2D eigenvalue weighted by Crippen LogP contribution is 2.38. The molecule has 0 aliphatic carbocycles. The molecule has 2 rings (SSSR count). The molecule has 116 valence electrons. The normalized spacial score (nSPS) is 19.6. The van der Waals surface area contributed by atoms with E-state index in [2.05, 4.69) is 15.9 Å². The van der Waals surface area contributed by atoms with Gasteiger partial charge in [-0.2, -0.15) is 0 Å². The number of anilines is 1. The fourth-order valence-electron chi connectivity index (χ4n) is 2.41. The number of benzene rings is 1. The van der Waals surface area contributed by atoms with Gasteiger partial charge in [-0.25, -0.2) is 4.39 Å². The predicted molar refractivity (Wildman–Crippen MR) is 82.0 cm³/mol. The molecule has 0 spiro atoms. The van der Waals surface area contributed by atoms with E-state index in [1.807, 2.05) is 16.8 Å². The molecule has 1 aliphatic rings. The highest BCUT2D eigenvalue weighted by Gasteiger charge is 2.27. The molecule has 1 aromatic rings. The lowest BCUT2D eigenvalue weighted by Crippen LogP contribution is -2.52. The number of hydrogen-bond donors (Lipinski definition) is 0. The van der Waals surface area contributed by atoms with E-state index in [-0.39, 0.29) is 17.5 Å². The van der Waals surface area contributed by atoms with Crippen molar-refractivity contribution in [1.82, 2.24) is 4.90 Å². The van der Waals surface area contributed by atoms with E-state index in [0.717, 1.165) is 18.8 Å². The van der Waals surface area contributed by atoms with Gasteiger partial charge in [-0.1, -0.05) is 0 Å². The summed E-state index contributed by atoms with van der Waals surface area (Å²) in [6, 6.07) is 2.88. The van der Waals surface area contributed by atoms with Crippen LogP contribution in [-0.2, 0) is 0 Å². The first kappa shape index (κ1) is 16.0. The molecule has 0 amide bonds. The van der Waals surface area contributed by atoms with Crippen LogP contribution < -0.4 is 9.64 Å². The van der Waals surface area contributed by atoms with E-state index in [4.69, 9.17) is 4.74 Å². The molecule has 1 atom stereocenters. The van der Waals surface area contributed by atoms with E-state index < -0.39 is 11.6 Å². The van der Waals surface area contributed by atoms with Crippen molar-refractivity contribution in [2.75, 3.05) is 45.4 Å². The van der Waals surface area contributed by atoms with Crippen LogP contribution in [0, 0.1) is 10.1 Å². The van der Waals surface area contributed by atoms with Crippen molar-refractivity contribution in [1.29, 1.82) is 0 Å². The van der Waals surface area contributed by atoms with E-state index in [1.165, 1.54) is 13.2 Å². The van der Waals surface area contributed by atoms with Gasteiger partial charge >= 0.3 is 5.69 Å². The second kappa shape index (κ2) is 6.57. The minimum absolute atomic E-state index is 0.0932. The van der Waals surface area contributed by atoms with Crippen LogP contribution in [0.2, 0.25) is 0 Å². The van der Waals surface area contributed by atoms with Crippen molar-refractivity contribution in [3.05, 3.63) is 26.7 Å². The van der Waals surface area contributed by atoms with Crippen LogP contribution in [0.5, 0.6) is 5.75 Å². The number of nitro benzene ring substituents is 1. The van der Waals surface area contributed by atoms with Crippen molar-refractivity contribution < 1.29 is 14.1 Å². The highest BCUT2D eigenvalue weighted by molar-refractivity contribution is 9.10. The highest BCUT2D eigenvalue weighted by atomic mass is 79.9. The van der Waals surface area contributed by atoms with Gasteiger partial charge in [0.25, 0.3) is 0 Å². The first-order valence-electron chi connectivity index (χ1n) is 6.51. The van der Waals surface area contributed by atoms with Crippen molar-refractivity contribution >= 4 is 27.3 Å². The zero-order chi connectivity index (χ0) is 15.6. The lowest BCUT2D eigenvalue weighted by molar-refractivity contribution is -0.385. The van der Waals surface area contributed by atoms with Crippen molar-refractivity contribution in [2.45, 2.75) is 6.04 Å². The van der Waals surface area contributed by atoms with Crippen LogP contribution >= 0.6 is 15.9 Å². The Kier molecular flexibility index (Phi) is 5.00.